The molecule has 2 unspecified atom stereocenters. The molecule has 2 heteroatoms. The van der Waals surface area contributed by atoms with Gasteiger partial charge in [0.2, 0.25) is 0 Å². The average molecular weight is 246 g/mol. The third kappa shape index (κ3) is 2.26. The molecular formula is C16H22O2. The van der Waals surface area contributed by atoms with Crippen molar-refractivity contribution in [1.29, 1.82) is 0 Å². The van der Waals surface area contributed by atoms with Gasteiger partial charge in [-0.25, -0.2) is 0 Å². The smallest absolute Gasteiger partial charge is 0.115 e. The first-order chi connectivity index (χ1) is 8.59. The normalized spacial score (nSPS) is 24.6. The molecular weight excluding hydrogens is 224 g/mol. The van der Waals surface area contributed by atoms with E-state index in [1.165, 1.54) is 12.8 Å². The van der Waals surface area contributed by atoms with Crippen LogP contribution in [0, 0.1) is 17.8 Å². The van der Waals surface area contributed by atoms with Gasteiger partial charge in [0, 0.05) is 0 Å². The molecule has 98 valence electrons. The van der Waals surface area contributed by atoms with Crippen LogP contribution < -0.4 is 0 Å². The lowest BCUT2D eigenvalue weighted by Gasteiger charge is -2.32. The highest BCUT2D eigenvalue weighted by Gasteiger charge is 2.47. The number of benzene rings is 1. The maximum atomic E-state index is 11.1. The molecule has 3 rings (SSSR count). The van der Waals surface area contributed by atoms with E-state index in [1.807, 2.05) is 12.1 Å². The summed E-state index contributed by atoms with van der Waals surface area (Å²) >= 11 is 0. The van der Waals surface area contributed by atoms with E-state index >= 15 is 0 Å². The van der Waals surface area contributed by atoms with Gasteiger partial charge in [-0.15, -0.1) is 0 Å². The predicted molar refractivity (Wildman–Crippen MR) is 71.2 cm³/mol. The van der Waals surface area contributed by atoms with E-state index in [0.717, 1.165) is 30.7 Å². The Kier molecular flexibility index (Phi) is 2.86. The van der Waals surface area contributed by atoms with E-state index in [9.17, 15) is 10.2 Å². The van der Waals surface area contributed by atoms with Gasteiger partial charge >= 0.3 is 0 Å². The van der Waals surface area contributed by atoms with Crippen LogP contribution in [0.3, 0.4) is 0 Å². The summed E-state index contributed by atoms with van der Waals surface area (Å²) in [6.07, 6.45) is 5.71. The molecule has 2 aliphatic rings. The van der Waals surface area contributed by atoms with Crippen LogP contribution in [0.25, 0.3) is 0 Å². The number of aromatic hydroxyl groups is 1. The maximum absolute atomic E-state index is 11.1. The highest BCUT2D eigenvalue weighted by Crippen LogP contribution is 2.52. The van der Waals surface area contributed by atoms with Crippen molar-refractivity contribution < 1.29 is 10.2 Å². The Balaban J connectivity index is 1.85. The van der Waals surface area contributed by atoms with Crippen molar-refractivity contribution in [2.75, 3.05) is 0 Å². The molecule has 0 bridgehead atoms. The number of hydrogen-bond acceptors (Lipinski definition) is 2. The number of rotatable bonds is 5. The summed E-state index contributed by atoms with van der Waals surface area (Å²) in [4.78, 5) is 0. The minimum atomic E-state index is -0.721. The van der Waals surface area contributed by atoms with Crippen LogP contribution in [0.4, 0.5) is 0 Å². The van der Waals surface area contributed by atoms with Crippen LogP contribution >= 0.6 is 0 Å². The van der Waals surface area contributed by atoms with E-state index in [-0.39, 0.29) is 5.75 Å². The number of phenolic OH excluding ortho intramolecular Hbond substituents is 1. The Bertz CT molecular complexity index is 434. The monoisotopic (exact) mass is 246 g/mol. The molecule has 2 atom stereocenters. The van der Waals surface area contributed by atoms with Crippen molar-refractivity contribution >= 4 is 0 Å². The molecule has 0 heterocycles. The van der Waals surface area contributed by atoms with Gasteiger partial charge in [0.1, 0.15) is 5.75 Å². The third-order valence-corrected chi connectivity index (χ3v) is 4.66. The lowest BCUT2D eigenvalue weighted by Crippen LogP contribution is -2.31. The van der Waals surface area contributed by atoms with Gasteiger partial charge < -0.3 is 10.2 Å². The second-order valence-electron chi connectivity index (χ2n) is 6.27. The molecule has 2 aliphatic carbocycles. The van der Waals surface area contributed by atoms with Crippen molar-refractivity contribution in [2.24, 2.45) is 17.8 Å². The van der Waals surface area contributed by atoms with E-state index < -0.39 is 5.60 Å². The summed E-state index contributed by atoms with van der Waals surface area (Å²) in [6.45, 7) is 2.26. The van der Waals surface area contributed by atoms with Gasteiger partial charge in [0.15, 0.2) is 0 Å². The van der Waals surface area contributed by atoms with Crippen molar-refractivity contribution in [3.63, 3.8) is 0 Å². The Labute approximate surface area is 109 Å². The van der Waals surface area contributed by atoms with Gasteiger partial charge in [0.25, 0.3) is 0 Å². The minimum Gasteiger partial charge on any atom is -0.508 e. The Morgan fingerprint density at radius 1 is 1.28 bits per heavy atom. The fraction of sp³-hybridized carbons (Fsp3) is 0.625. The van der Waals surface area contributed by atoms with Gasteiger partial charge in [0.05, 0.1) is 5.60 Å². The second kappa shape index (κ2) is 4.27. The van der Waals surface area contributed by atoms with Crippen LogP contribution in [-0.2, 0) is 5.60 Å². The second-order valence-corrected chi connectivity index (χ2v) is 6.27. The highest BCUT2D eigenvalue weighted by atomic mass is 16.3. The van der Waals surface area contributed by atoms with E-state index in [2.05, 4.69) is 6.92 Å². The summed E-state index contributed by atoms with van der Waals surface area (Å²) in [7, 11) is 0. The van der Waals surface area contributed by atoms with Gasteiger partial charge in [-0.2, -0.15) is 0 Å². The molecule has 0 radical (unpaired) electrons. The van der Waals surface area contributed by atoms with Gasteiger partial charge in [-0.1, -0.05) is 19.1 Å². The molecule has 1 aromatic carbocycles. The molecule has 0 saturated heterocycles. The topological polar surface area (TPSA) is 40.5 Å². The molecule has 2 fully saturated rings. The van der Waals surface area contributed by atoms with Crippen LogP contribution in [0.1, 0.15) is 44.6 Å². The lowest BCUT2D eigenvalue weighted by molar-refractivity contribution is -0.0121. The lowest BCUT2D eigenvalue weighted by atomic mass is 9.80. The van der Waals surface area contributed by atoms with Crippen LogP contribution in [0.15, 0.2) is 24.3 Å². The molecule has 2 saturated carbocycles. The van der Waals surface area contributed by atoms with Crippen LogP contribution in [0.5, 0.6) is 5.75 Å². The fourth-order valence-corrected chi connectivity index (χ4v) is 3.18. The SMILES string of the molecule is CC(CC(O)(c1cccc(O)c1)C1CC1)C1CC1. The van der Waals surface area contributed by atoms with Crippen LogP contribution in [-0.4, -0.2) is 10.2 Å². The summed E-state index contributed by atoms with van der Waals surface area (Å²) < 4.78 is 0. The average Bonchev–Trinajstić information content (AvgIpc) is 3.18. The Hall–Kier alpha value is -1.02. The zero-order chi connectivity index (χ0) is 12.8. The molecule has 2 nitrogen and oxygen atoms in total. The van der Waals surface area contributed by atoms with Crippen molar-refractivity contribution in [2.45, 2.75) is 44.6 Å². The number of aliphatic hydroxyl groups is 1. The van der Waals surface area contributed by atoms with Gasteiger partial charge in [-0.3, -0.25) is 0 Å². The first-order valence-electron chi connectivity index (χ1n) is 7.11. The highest BCUT2D eigenvalue weighted by molar-refractivity contribution is 5.33. The Morgan fingerprint density at radius 3 is 2.56 bits per heavy atom. The number of hydrogen-bond donors (Lipinski definition) is 2. The fourth-order valence-electron chi connectivity index (χ4n) is 3.18. The molecule has 18 heavy (non-hydrogen) atoms. The van der Waals surface area contributed by atoms with Crippen molar-refractivity contribution in [3.05, 3.63) is 29.8 Å². The molecule has 0 aromatic heterocycles. The minimum absolute atomic E-state index is 0.255. The van der Waals surface area contributed by atoms with Crippen molar-refractivity contribution in [1.82, 2.24) is 0 Å². The molecule has 1 aromatic rings. The predicted octanol–water partition coefficient (Wildman–Crippen LogP) is 3.43. The first-order valence-corrected chi connectivity index (χ1v) is 7.11. The zero-order valence-corrected chi connectivity index (χ0v) is 11.0. The summed E-state index contributed by atoms with van der Waals surface area (Å²) in [5.74, 6) is 2.04. The third-order valence-electron chi connectivity index (χ3n) is 4.66. The first kappa shape index (κ1) is 12.0. The van der Waals surface area contributed by atoms with E-state index in [0.29, 0.717) is 11.8 Å². The maximum Gasteiger partial charge on any atom is 0.115 e. The molecule has 2 N–H and O–H groups in total. The summed E-state index contributed by atoms with van der Waals surface area (Å²) in [5, 5.41) is 20.7. The standard InChI is InChI=1S/C16H22O2/c1-11(12-5-6-12)10-16(18,13-7-8-13)14-3-2-4-15(17)9-14/h2-4,9,11-13,17-18H,5-8,10H2,1H3. The largest absolute Gasteiger partial charge is 0.508 e. The van der Waals surface area contributed by atoms with E-state index in [1.54, 1.807) is 12.1 Å². The molecule has 0 aliphatic heterocycles. The molecule has 0 amide bonds. The molecule has 0 spiro atoms. The summed E-state index contributed by atoms with van der Waals surface area (Å²) in [5.41, 5.74) is 0.179. The Morgan fingerprint density at radius 2 is 2.00 bits per heavy atom. The summed E-state index contributed by atoms with van der Waals surface area (Å²) in [6, 6.07) is 7.19. The quantitative estimate of drug-likeness (QED) is 0.835. The zero-order valence-electron chi connectivity index (χ0n) is 11.0. The van der Waals surface area contributed by atoms with Crippen molar-refractivity contribution in [3.8, 4) is 5.75 Å². The van der Waals surface area contributed by atoms with E-state index in [4.69, 9.17) is 0 Å². The van der Waals surface area contributed by atoms with Gasteiger partial charge in [-0.05, 0) is 67.6 Å². The van der Waals surface area contributed by atoms with Crippen LogP contribution in [0.2, 0.25) is 0 Å². The number of phenols is 1.